The molecule has 1 heterocycles. The van der Waals surface area contributed by atoms with Crippen LogP contribution in [-0.4, -0.2) is 45.6 Å². The lowest BCUT2D eigenvalue weighted by molar-refractivity contribution is -0.161. The van der Waals surface area contributed by atoms with Gasteiger partial charge >= 0.3 is 5.97 Å². The number of carboxylic acid groups (broad SMARTS) is 1. The monoisotopic (exact) mass is 530 g/mol. The van der Waals surface area contributed by atoms with Gasteiger partial charge in [0, 0.05) is 18.5 Å². The third kappa shape index (κ3) is 7.92. The van der Waals surface area contributed by atoms with Crippen molar-refractivity contribution in [2.75, 3.05) is 13.2 Å². The van der Waals surface area contributed by atoms with Crippen molar-refractivity contribution in [3.63, 3.8) is 0 Å². The molecule has 8 nitrogen and oxygen atoms in total. The quantitative estimate of drug-likeness (QED) is 0.214. The Kier molecular flexibility index (Phi) is 9.35. The number of aromatic nitrogens is 1. The summed E-state index contributed by atoms with van der Waals surface area (Å²) in [6, 6.07) is 24.5. The number of oxazole rings is 1. The Morgan fingerprint density at radius 3 is 2.44 bits per heavy atom. The topological polar surface area (TPSA) is 105 Å². The summed E-state index contributed by atoms with van der Waals surface area (Å²) in [5, 5.41) is 20.1. The average molecular weight is 531 g/mol. The van der Waals surface area contributed by atoms with E-state index in [4.69, 9.17) is 13.9 Å². The second kappa shape index (κ2) is 13.1. The van der Waals surface area contributed by atoms with Crippen molar-refractivity contribution in [2.45, 2.75) is 46.1 Å². The summed E-state index contributed by atoms with van der Waals surface area (Å²) >= 11 is 0. The summed E-state index contributed by atoms with van der Waals surface area (Å²) in [6.45, 7) is 6.25. The van der Waals surface area contributed by atoms with E-state index in [1.165, 1.54) is 4.90 Å². The summed E-state index contributed by atoms with van der Waals surface area (Å²) in [5.41, 5.74) is 3.65. The molecule has 0 spiro atoms. The molecule has 3 aromatic carbocycles. The Hall–Kier alpha value is -4.14. The van der Waals surface area contributed by atoms with Gasteiger partial charge in [0.25, 0.3) is 6.41 Å². The van der Waals surface area contributed by atoms with Gasteiger partial charge in [-0.25, -0.2) is 9.88 Å². The molecule has 2 N–H and O–H groups in total. The molecule has 1 unspecified atom stereocenters. The van der Waals surface area contributed by atoms with Gasteiger partial charge in [0.2, 0.25) is 5.89 Å². The first-order chi connectivity index (χ1) is 18.8. The number of carbonyl (C=O) groups is 1. The number of ether oxygens (including phenoxy) is 2. The highest BCUT2D eigenvalue weighted by atomic mass is 16.6. The van der Waals surface area contributed by atoms with E-state index in [1.807, 2.05) is 79.7 Å². The van der Waals surface area contributed by atoms with Crippen LogP contribution < -0.4 is 9.47 Å². The van der Waals surface area contributed by atoms with Crippen molar-refractivity contribution in [3.8, 4) is 23.0 Å². The molecule has 4 aromatic rings. The Labute approximate surface area is 228 Å². The fraction of sp³-hybridized carbons (Fsp3) is 0.290. The fourth-order valence-corrected chi connectivity index (χ4v) is 4.08. The second-order valence-corrected chi connectivity index (χ2v) is 9.60. The lowest BCUT2D eigenvalue weighted by Crippen LogP contribution is -2.42. The lowest BCUT2D eigenvalue weighted by atomic mass is 10.0. The second-order valence-electron chi connectivity index (χ2n) is 9.60. The van der Waals surface area contributed by atoms with Gasteiger partial charge in [-0.2, -0.15) is 0 Å². The van der Waals surface area contributed by atoms with Crippen LogP contribution in [0.4, 0.5) is 0 Å². The van der Waals surface area contributed by atoms with Gasteiger partial charge in [-0.15, -0.1) is 0 Å². The van der Waals surface area contributed by atoms with Crippen molar-refractivity contribution >= 4 is 5.97 Å². The fourth-order valence-electron chi connectivity index (χ4n) is 4.08. The third-order valence-electron chi connectivity index (χ3n) is 6.25. The zero-order valence-corrected chi connectivity index (χ0v) is 22.4. The molecule has 1 aromatic heterocycles. The van der Waals surface area contributed by atoms with Crippen LogP contribution in [0, 0.1) is 6.92 Å². The van der Waals surface area contributed by atoms with Crippen LogP contribution in [0.1, 0.15) is 42.3 Å². The molecule has 0 aliphatic heterocycles. The number of aryl methyl sites for hydroxylation is 1. The maximum absolute atomic E-state index is 11.5. The van der Waals surface area contributed by atoms with E-state index >= 15 is 0 Å². The van der Waals surface area contributed by atoms with Crippen LogP contribution in [0.3, 0.4) is 0 Å². The number of aliphatic carboxylic acids is 1. The van der Waals surface area contributed by atoms with Crippen LogP contribution in [-0.2, 0) is 17.8 Å². The van der Waals surface area contributed by atoms with E-state index < -0.39 is 12.4 Å². The molecule has 0 bridgehead atoms. The van der Waals surface area contributed by atoms with Gasteiger partial charge < -0.3 is 24.1 Å². The van der Waals surface area contributed by atoms with Crippen LogP contribution in [0.15, 0.2) is 83.3 Å². The number of rotatable bonds is 13. The summed E-state index contributed by atoms with van der Waals surface area (Å²) in [6.07, 6.45) is -0.830. The Balaban J connectivity index is 1.33. The van der Waals surface area contributed by atoms with Gasteiger partial charge in [0.1, 0.15) is 23.8 Å². The molecule has 0 saturated heterocycles. The maximum Gasteiger partial charge on any atom is 0.317 e. The zero-order valence-electron chi connectivity index (χ0n) is 22.4. The zero-order chi connectivity index (χ0) is 27.8. The summed E-state index contributed by atoms with van der Waals surface area (Å²) in [4.78, 5) is 17.4. The summed E-state index contributed by atoms with van der Waals surface area (Å²) in [7, 11) is 0. The van der Waals surface area contributed by atoms with E-state index in [0.29, 0.717) is 36.3 Å². The van der Waals surface area contributed by atoms with Crippen LogP contribution in [0.5, 0.6) is 11.5 Å². The normalized spacial score (nSPS) is 12.1. The van der Waals surface area contributed by atoms with Crippen molar-refractivity contribution in [1.82, 2.24) is 9.88 Å². The van der Waals surface area contributed by atoms with Crippen molar-refractivity contribution in [1.29, 1.82) is 0 Å². The molecule has 0 aliphatic rings. The molecule has 0 saturated carbocycles. The molecule has 0 amide bonds. The minimum absolute atomic E-state index is 0.179. The smallest absolute Gasteiger partial charge is 0.317 e. The molecule has 204 valence electrons. The highest BCUT2D eigenvalue weighted by Crippen LogP contribution is 2.23. The Morgan fingerprint density at radius 1 is 1.00 bits per heavy atom. The molecular formula is C31H34N2O6. The number of hydrogen-bond donors (Lipinski definition) is 2. The molecular weight excluding hydrogens is 496 g/mol. The predicted octanol–water partition coefficient (Wildman–Crippen LogP) is 5.64. The largest absolute Gasteiger partial charge is 0.493 e. The van der Waals surface area contributed by atoms with Gasteiger partial charge in [-0.05, 0) is 60.4 Å². The molecule has 0 fully saturated rings. The van der Waals surface area contributed by atoms with Crippen LogP contribution in [0.2, 0.25) is 0 Å². The van der Waals surface area contributed by atoms with Gasteiger partial charge in [0.15, 0.2) is 0 Å². The summed E-state index contributed by atoms with van der Waals surface area (Å²) < 4.78 is 17.4. The van der Waals surface area contributed by atoms with Crippen molar-refractivity contribution in [2.24, 2.45) is 0 Å². The third-order valence-corrected chi connectivity index (χ3v) is 6.25. The molecule has 1 atom stereocenters. The van der Waals surface area contributed by atoms with E-state index in [-0.39, 0.29) is 13.1 Å². The van der Waals surface area contributed by atoms with Gasteiger partial charge in [-0.1, -0.05) is 56.3 Å². The standard InChI is InChI=1S/C31H34N2O6/c1-21(2)25-10-7-11-27(18-25)39-31(36)33(20-29(34)35)19-23-12-14-26(15-13-23)37-17-16-28-22(3)38-30(32-28)24-8-5-4-6-9-24/h4-15,18,21,31,36H,16-17,19-20H2,1-3H3,(H,34,35). The lowest BCUT2D eigenvalue weighted by Gasteiger charge is -2.26. The highest BCUT2D eigenvalue weighted by molar-refractivity contribution is 5.69. The highest BCUT2D eigenvalue weighted by Gasteiger charge is 2.21. The maximum atomic E-state index is 11.5. The minimum atomic E-state index is -1.43. The molecule has 4 rings (SSSR count). The van der Waals surface area contributed by atoms with Crippen LogP contribution >= 0.6 is 0 Å². The van der Waals surface area contributed by atoms with Crippen LogP contribution in [0.25, 0.3) is 11.5 Å². The van der Waals surface area contributed by atoms with Gasteiger partial charge in [-0.3, -0.25) is 4.79 Å². The molecule has 39 heavy (non-hydrogen) atoms. The first-order valence-electron chi connectivity index (χ1n) is 12.9. The SMILES string of the molecule is Cc1oc(-c2ccccc2)nc1CCOc1ccc(CN(CC(=O)O)C(O)Oc2cccc(C(C)C)c2)cc1. The summed E-state index contributed by atoms with van der Waals surface area (Å²) in [5.74, 6) is 1.75. The first kappa shape index (κ1) is 27.9. The first-order valence-corrected chi connectivity index (χ1v) is 12.9. The Morgan fingerprint density at radius 2 is 1.74 bits per heavy atom. The Bertz CT molecular complexity index is 1350. The number of aliphatic hydroxyl groups excluding tert-OH is 1. The number of nitrogens with zero attached hydrogens (tertiary/aromatic N) is 2. The molecule has 8 heteroatoms. The van der Waals surface area contributed by atoms with E-state index in [2.05, 4.69) is 18.8 Å². The number of aliphatic hydroxyl groups is 1. The average Bonchev–Trinajstić information content (AvgIpc) is 3.30. The van der Waals surface area contributed by atoms with Crippen molar-refractivity contribution < 1.29 is 28.9 Å². The molecule has 0 radical (unpaired) electrons. The predicted molar refractivity (Wildman–Crippen MR) is 148 cm³/mol. The number of benzene rings is 3. The van der Waals surface area contributed by atoms with Gasteiger partial charge in [0.05, 0.1) is 12.3 Å². The van der Waals surface area contributed by atoms with E-state index in [9.17, 15) is 15.0 Å². The number of hydrogen-bond acceptors (Lipinski definition) is 7. The molecule has 0 aliphatic carbocycles. The van der Waals surface area contributed by atoms with E-state index in [1.54, 1.807) is 6.07 Å². The number of carboxylic acids is 1. The van der Waals surface area contributed by atoms with E-state index in [0.717, 1.165) is 28.1 Å². The van der Waals surface area contributed by atoms with Crippen molar-refractivity contribution in [3.05, 3.63) is 101 Å². The minimum Gasteiger partial charge on any atom is -0.493 e.